The number of H-pyrrole nitrogens is 1. The number of nitrogens with zero attached hydrogens (tertiary/aromatic N) is 2. The molecule has 1 aliphatic carbocycles. The summed E-state index contributed by atoms with van der Waals surface area (Å²) < 4.78 is 4.84. The number of benzene rings is 1. The molecular formula is C30H42N4O4. The summed E-state index contributed by atoms with van der Waals surface area (Å²) in [7, 11) is 1.39. The van der Waals surface area contributed by atoms with Crippen molar-refractivity contribution in [2.24, 2.45) is 5.92 Å². The van der Waals surface area contributed by atoms with E-state index in [1.807, 2.05) is 23.2 Å². The summed E-state index contributed by atoms with van der Waals surface area (Å²) >= 11 is 0. The maximum absolute atomic E-state index is 13.8. The van der Waals surface area contributed by atoms with Crippen molar-refractivity contribution >= 4 is 28.7 Å². The number of piperidine rings is 1. The van der Waals surface area contributed by atoms with Crippen LogP contribution < -0.4 is 5.32 Å². The fourth-order valence-electron chi connectivity index (χ4n) is 6.81. The highest BCUT2D eigenvalue weighted by Gasteiger charge is 2.53. The molecule has 1 unspecified atom stereocenters. The Morgan fingerprint density at radius 2 is 1.89 bits per heavy atom. The van der Waals surface area contributed by atoms with E-state index < -0.39 is 5.54 Å². The van der Waals surface area contributed by atoms with Gasteiger partial charge in [0.2, 0.25) is 11.8 Å². The Balaban J connectivity index is 1.27. The summed E-state index contributed by atoms with van der Waals surface area (Å²) in [6.07, 6.45) is 12.1. The second-order valence-corrected chi connectivity index (χ2v) is 11.5. The van der Waals surface area contributed by atoms with Gasteiger partial charge in [0, 0.05) is 43.3 Å². The molecule has 3 heterocycles. The van der Waals surface area contributed by atoms with Gasteiger partial charge in [-0.15, -0.1) is 0 Å². The molecule has 38 heavy (non-hydrogen) atoms. The summed E-state index contributed by atoms with van der Waals surface area (Å²) in [5.41, 5.74) is 1.85. The van der Waals surface area contributed by atoms with Crippen molar-refractivity contribution in [1.29, 1.82) is 0 Å². The van der Waals surface area contributed by atoms with E-state index in [0.717, 1.165) is 55.4 Å². The third-order valence-electron chi connectivity index (χ3n) is 9.10. The fourth-order valence-corrected chi connectivity index (χ4v) is 6.81. The number of hydrogen-bond donors (Lipinski definition) is 2. The van der Waals surface area contributed by atoms with Gasteiger partial charge in [0.15, 0.2) is 0 Å². The Labute approximate surface area is 225 Å². The highest BCUT2D eigenvalue weighted by Crippen LogP contribution is 2.36. The zero-order valence-corrected chi connectivity index (χ0v) is 22.9. The Bertz CT molecular complexity index is 1160. The Hall–Kier alpha value is -2.87. The van der Waals surface area contributed by atoms with E-state index in [9.17, 15) is 14.4 Å². The molecule has 1 saturated carbocycles. The molecule has 2 amide bonds. The van der Waals surface area contributed by atoms with Crippen LogP contribution in [0.15, 0.2) is 24.4 Å². The lowest BCUT2D eigenvalue weighted by molar-refractivity contribution is -0.162. The molecule has 3 aliphatic rings. The minimum absolute atomic E-state index is 0.0519. The lowest BCUT2D eigenvalue weighted by atomic mass is 9.79. The average Bonchev–Trinajstić information content (AvgIpc) is 3.34. The SMILES string of the molecule is CCCCN1C(=O)C(CC2CCCCC2)NC(=O)C12CCN(Cc1c[nH]c3cc(C(=O)OC)ccc13)CC2. The van der Waals surface area contributed by atoms with Crippen LogP contribution in [0.2, 0.25) is 0 Å². The summed E-state index contributed by atoms with van der Waals surface area (Å²) in [5.74, 6) is 0.381. The molecule has 1 aromatic heterocycles. The van der Waals surface area contributed by atoms with Crippen LogP contribution in [0.25, 0.3) is 10.9 Å². The third-order valence-corrected chi connectivity index (χ3v) is 9.10. The molecule has 8 heteroatoms. The first-order valence-corrected chi connectivity index (χ1v) is 14.5. The van der Waals surface area contributed by atoms with Crippen molar-refractivity contribution in [3.8, 4) is 0 Å². The number of fused-ring (bicyclic) bond motifs is 1. The summed E-state index contributed by atoms with van der Waals surface area (Å²) in [6.45, 7) is 5.06. The molecule has 2 N–H and O–H groups in total. The second-order valence-electron chi connectivity index (χ2n) is 11.5. The number of carbonyl (C=O) groups excluding carboxylic acids is 3. The van der Waals surface area contributed by atoms with Gasteiger partial charge in [0.1, 0.15) is 11.6 Å². The first-order chi connectivity index (χ1) is 18.4. The average molecular weight is 523 g/mol. The summed E-state index contributed by atoms with van der Waals surface area (Å²) in [6, 6.07) is 5.21. The fraction of sp³-hybridized carbons (Fsp3) is 0.633. The van der Waals surface area contributed by atoms with Gasteiger partial charge in [-0.3, -0.25) is 14.5 Å². The standard InChI is InChI=1S/C30H42N4O4/c1-3-4-14-34-27(35)26(17-21-8-6-5-7-9-21)32-29(37)30(34)12-15-33(16-13-30)20-23-19-31-25-18-22(28(36)38-2)10-11-24(23)25/h10-11,18-19,21,26,31H,3-9,12-17,20H2,1-2H3,(H,32,37). The zero-order chi connectivity index (χ0) is 26.7. The predicted molar refractivity (Wildman–Crippen MR) is 147 cm³/mol. The maximum atomic E-state index is 13.8. The van der Waals surface area contributed by atoms with Crippen LogP contribution >= 0.6 is 0 Å². The molecule has 5 rings (SSSR count). The number of esters is 1. The van der Waals surface area contributed by atoms with Crippen LogP contribution in [0.1, 0.15) is 87.1 Å². The number of rotatable bonds is 8. The Kier molecular flexibility index (Phi) is 8.07. The van der Waals surface area contributed by atoms with Crippen molar-refractivity contribution in [1.82, 2.24) is 20.1 Å². The van der Waals surface area contributed by atoms with E-state index in [1.165, 1.54) is 39.2 Å². The largest absolute Gasteiger partial charge is 0.465 e. The normalized spacial score (nSPS) is 22.7. The molecule has 2 aromatic rings. The van der Waals surface area contributed by atoms with Crippen molar-refractivity contribution in [3.63, 3.8) is 0 Å². The van der Waals surface area contributed by atoms with Crippen LogP contribution in [0.3, 0.4) is 0 Å². The number of piperazine rings is 1. The third kappa shape index (κ3) is 5.20. The van der Waals surface area contributed by atoms with Crippen molar-refractivity contribution < 1.29 is 19.1 Å². The number of nitrogens with one attached hydrogen (secondary N) is 2. The number of likely N-dealkylation sites (tertiary alicyclic amines) is 1. The van der Waals surface area contributed by atoms with Gasteiger partial charge in [-0.25, -0.2) is 4.79 Å². The number of methoxy groups -OCH3 is 1. The first kappa shape index (κ1) is 26.7. The molecule has 0 bridgehead atoms. The molecule has 8 nitrogen and oxygen atoms in total. The second kappa shape index (κ2) is 11.5. The lowest BCUT2D eigenvalue weighted by Gasteiger charge is -2.52. The van der Waals surface area contributed by atoms with Gasteiger partial charge in [0.05, 0.1) is 12.7 Å². The summed E-state index contributed by atoms with van der Waals surface area (Å²) in [4.78, 5) is 47.0. The minimum Gasteiger partial charge on any atom is -0.465 e. The number of hydrogen-bond acceptors (Lipinski definition) is 5. The summed E-state index contributed by atoms with van der Waals surface area (Å²) in [5, 5.41) is 4.27. The van der Waals surface area contributed by atoms with Crippen molar-refractivity contribution in [3.05, 3.63) is 35.5 Å². The van der Waals surface area contributed by atoms with Gasteiger partial charge in [-0.2, -0.15) is 0 Å². The Morgan fingerprint density at radius 1 is 1.13 bits per heavy atom. The van der Waals surface area contributed by atoms with E-state index in [0.29, 0.717) is 30.9 Å². The first-order valence-electron chi connectivity index (χ1n) is 14.5. The van der Waals surface area contributed by atoms with E-state index in [-0.39, 0.29) is 23.8 Å². The molecule has 206 valence electrons. The number of carbonyl (C=O) groups is 3. The van der Waals surface area contributed by atoms with Crippen LogP contribution in [0, 0.1) is 5.92 Å². The van der Waals surface area contributed by atoms with Crippen LogP contribution in [0.5, 0.6) is 0 Å². The van der Waals surface area contributed by atoms with Crippen molar-refractivity contribution in [2.75, 3.05) is 26.7 Å². The van der Waals surface area contributed by atoms with E-state index in [4.69, 9.17) is 4.74 Å². The minimum atomic E-state index is -0.735. The quantitative estimate of drug-likeness (QED) is 0.502. The zero-order valence-electron chi connectivity index (χ0n) is 22.9. The van der Waals surface area contributed by atoms with Crippen LogP contribution in [-0.4, -0.2) is 70.9 Å². The van der Waals surface area contributed by atoms with Crippen LogP contribution in [-0.2, 0) is 20.9 Å². The van der Waals surface area contributed by atoms with E-state index in [1.54, 1.807) is 6.07 Å². The topological polar surface area (TPSA) is 94.7 Å². The smallest absolute Gasteiger partial charge is 0.337 e. The maximum Gasteiger partial charge on any atom is 0.337 e. The van der Waals surface area contributed by atoms with E-state index >= 15 is 0 Å². The van der Waals surface area contributed by atoms with Gasteiger partial charge < -0.3 is 19.9 Å². The highest BCUT2D eigenvalue weighted by molar-refractivity contribution is 6.00. The number of amides is 2. The lowest BCUT2D eigenvalue weighted by Crippen LogP contribution is -2.73. The van der Waals surface area contributed by atoms with Gasteiger partial charge >= 0.3 is 5.97 Å². The molecule has 1 aromatic carbocycles. The molecule has 1 spiro atoms. The van der Waals surface area contributed by atoms with E-state index in [2.05, 4.69) is 22.1 Å². The molecule has 2 aliphatic heterocycles. The van der Waals surface area contributed by atoms with Crippen LogP contribution in [0.4, 0.5) is 0 Å². The molecule has 0 radical (unpaired) electrons. The predicted octanol–water partition coefficient (Wildman–Crippen LogP) is 4.39. The number of ether oxygens (including phenoxy) is 1. The van der Waals surface area contributed by atoms with Gasteiger partial charge in [-0.1, -0.05) is 51.5 Å². The number of aromatic nitrogens is 1. The monoisotopic (exact) mass is 522 g/mol. The highest BCUT2D eigenvalue weighted by atomic mass is 16.5. The van der Waals surface area contributed by atoms with Gasteiger partial charge in [-0.05, 0) is 49.3 Å². The molecular weight excluding hydrogens is 480 g/mol. The Morgan fingerprint density at radius 3 is 2.61 bits per heavy atom. The number of aromatic amines is 1. The van der Waals surface area contributed by atoms with Crippen molar-refractivity contribution in [2.45, 2.75) is 89.3 Å². The molecule has 1 atom stereocenters. The van der Waals surface area contributed by atoms with Gasteiger partial charge in [0.25, 0.3) is 0 Å². The number of unbranched alkanes of at least 4 members (excludes halogenated alkanes) is 1. The molecule has 2 saturated heterocycles. The molecule has 3 fully saturated rings.